The number of thiol groups is 1. The number of unbranched alkanes of at least 4 members (excludes halogenated alkanes) is 6. The maximum Gasteiger partial charge on any atom is 0.311 e. The summed E-state index contributed by atoms with van der Waals surface area (Å²) in [6, 6.07) is 7.12. The van der Waals surface area contributed by atoms with Gasteiger partial charge in [-0.3, -0.25) is 4.79 Å². The molecule has 1 aromatic rings. The average molecular weight is 325 g/mol. The molecule has 116 valence electrons. The minimum Gasteiger partial charge on any atom is -0.427 e. The van der Waals surface area contributed by atoms with Crippen molar-refractivity contribution in [3.63, 3.8) is 0 Å². The van der Waals surface area contributed by atoms with E-state index in [1.807, 2.05) is 12.1 Å². The zero-order chi connectivity index (χ0) is 15.5. The van der Waals surface area contributed by atoms with E-state index >= 15 is 0 Å². The zero-order valence-electron chi connectivity index (χ0n) is 12.6. The summed E-state index contributed by atoms with van der Waals surface area (Å²) in [4.78, 5) is 11.7. The SMILES string of the molecule is CCCCCCCCCC(=O)Oc1ccc(C(=S)S)cc1. The van der Waals surface area contributed by atoms with E-state index in [-0.39, 0.29) is 5.97 Å². The van der Waals surface area contributed by atoms with Gasteiger partial charge in [-0.15, -0.1) is 12.6 Å². The lowest BCUT2D eigenvalue weighted by Gasteiger charge is -2.05. The number of hydrogen-bond acceptors (Lipinski definition) is 3. The fourth-order valence-corrected chi connectivity index (χ4v) is 2.36. The van der Waals surface area contributed by atoms with Gasteiger partial charge in [0.2, 0.25) is 0 Å². The van der Waals surface area contributed by atoms with Crippen molar-refractivity contribution >= 4 is 35.0 Å². The largest absolute Gasteiger partial charge is 0.427 e. The van der Waals surface area contributed by atoms with Gasteiger partial charge in [0.15, 0.2) is 0 Å². The number of carbonyl (C=O) groups is 1. The number of ether oxygens (including phenoxy) is 1. The van der Waals surface area contributed by atoms with Gasteiger partial charge in [0, 0.05) is 6.42 Å². The molecule has 0 unspecified atom stereocenters. The van der Waals surface area contributed by atoms with E-state index in [9.17, 15) is 4.79 Å². The van der Waals surface area contributed by atoms with Crippen molar-refractivity contribution in [2.45, 2.75) is 58.3 Å². The summed E-state index contributed by atoms with van der Waals surface area (Å²) in [5, 5.41) is 0. The van der Waals surface area contributed by atoms with Crippen molar-refractivity contribution in [1.82, 2.24) is 0 Å². The highest BCUT2D eigenvalue weighted by Crippen LogP contribution is 2.15. The maximum absolute atomic E-state index is 11.7. The number of carbonyl (C=O) groups excluding carboxylic acids is 1. The third-order valence-corrected chi connectivity index (χ3v) is 3.81. The second kappa shape index (κ2) is 10.8. The minimum atomic E-state index is -0.162. The summed E-state index contributed by atoms with van der Waals surface area (Å²) in [7, 11) is 0. The van der Waals surface area contributed by atoms with Crippen molar-refractivity contribution in [3.05, 3.63) is 29.8 Å². The standard InChI is InChI=1S/C17H24O2S2/c1-2-3-4-5-6-7-8-9-16(18)19-15-12-10-14(11-13-15)17(20)21/h10-13H,2-9H2,1H3,(H,20,21). The van der Waals surface area contributed by atoms with E-state index in [2.05, 4.69) is 19.6 Å². The molecule has 4 heteroatoms. The molecule has 0 bridgehead atoms. The number of rotatable bonds is 10. The highest BCUT2D eigenvalue weighted by atomic mass is 32.1. The Morgan fingerprint density at radius 3 is 2.19 bits per heavy atom. The highest BCUT2D eigenvalue weighted by Gasteiger charge is 2.05. The quantitative estimate of drug-likeness (QED) is 0.207. The van der Waals surface area contributed by atoms with Gasteiger partial charge in [-0.05, 0) is 36.2 Å². The first-order valence-electron chi connectivity index (χ1n) is 7.67. The molecule has 0 N–H and O–H groups in total. The van der Waals surface area contributed by atoms with Crippen LogP contribution in [0.25, 0.3) is 0 Å². The Bertz CT molecular complexity index is 441. The molecule has 0 saturated carbocycles. The third-order valence-electron chi connectivity index (χ3n) is 3.32. The summed E-state index contributed by atoms with van der Waals surface area (Å²) in [6.07, 6.45) is 8.86. The molecule has 0 atom stereocenters. The van der Waals surface area contributed by atoms with Crippen molar-refractivity contribution in [3.8, 4) is 5.75 Å². The first-order chi connectivity index (χ1) is 10.1. The highest BCUT2D eigenvalue weighted by molar-refractivity contribution is 8.11. The van der Waals surface area contributed by atoms with Gasteiger partial charge < -0.3 is 4.74 Å². The second-order valence-corrected chi connectivity index (χ2v) is 6.33. The summed E-state index contributed by atoms with van der Waals surface area (Å²) >= 11 is 9.06. The first-order valence-corrected chi connectivity index (χ1v) is 8.53. The van der Waals surface area contributed by atoms with Gasteiger partial charge in [-0.1, -0.05) is 57.7 Å². The molecule has 0 amide bonds. The Labute approximate surface area is 138 Å². The Hall–Kier alpha value is -0.870. The normalized spacial score (nSPS) is 10.4. The monoisotopic (exact) mass is 324 g/mol. The van der Waals surface area contributed by atoms with Crippen LogP contribution >= 0.6 is 24.8 Å². The molecule has 0 spiro atoms. The molecule has 1 aromatic carbocycles. The van der Waals surface area contributed by atoms with Crippen LogP contribution in [0.2, 0.25) is 0 Å². The summed E-state index contributed by atoms with van der Waals surface area (Å²) in [6.45, 7) is 2.21. The Balaban J connectivity index is 2.17. The Morgan fingerprint density at radius 2 is 1.62 bits per heavy atom. The van der Waals surface area contributed by atoms with Crippen molar-refractivity contribution in [2.24, 2.45) is 0 Å². The lowest BCUT2D eigenvalue weighted by molar-refractivity contribution is -0.134. The fourth-order valence-electron chi connectivity index (χ4n) is 2.07. The van der Waals surface area contributed by atoms with Crippen molar-refractivity contribution < 1.29 is 9.53 Å². The molecule has 0 aliphatic heterocycles. The molecule has 0 aliphatic rings. The van der Waals surface area contributed by atoms with Crippen molar-refractivity contribution in [1.29, 1.82) is 0 Å². The summed E-state index contributed by atoms with van der Waals surface area (Å²) in [5.74, 6) is 0.404. The Kier molecular flexibility index (Phi) is 9.35. The third kappa shape index (κ3) is 8.22. The van der Waals surface area contributed by atoms with Crippen LogP contribution in [0, 0.1) is 0 Å². The number of hydrogen-bond donors (Lipinski definition) is 1. The smallest absolute Gasteiger partial charge is 0.311 e. The molecule has 0 radical (unpaired) electrons. The average Bonchev–Trinajstić information content (AvgIpc) is 2.47. The number of benzene rings is 1. The van der Waals surface area contributed by atoms with Gasteiger partial charge in [0.1, 0.15) is 5.75 Å². The first kappa shape index (κ1) is 18.2. The molecule has 0 fully saturated rings. The molecular weight excluding hydrogens is 300 g/mol. The molecule has 0 heterocycles. The van der Waals surface area contributed by atoms with Crippen LogP contribution in [-0.2, 0) is 4.79 Å². The van der Waals surface area contributed by atoms with E-state index in [1.54, 1.807) is 12.1 Å². The summed E-state index contributed by atoms with van der Waals surface area (Å²) < 4.78 is 5.82. The van der Waals surface area contributed by atoms with Crippen LogP contribution in [0.4, 0.5) is 0 Å². The molecule has 0 aromatic heterocycles. The van der Waals surface area contributed by atoms with E-state index in [0.717, 1.165) is 18.4 Å². The second-order valence-electron chi connectivity index (χ2n) is 5.17. The van der Waals surface area contributed by atoms with Gasteiger partial charge in [0.05, 0.1) is 4.20 Å². The van der Waals surface area contributed by atoms with Crippen LogP contribution < -0.4 is 4.74 Å². The van der Waals surface area contributed by atoms with Gasteiger partial charge in [-0.25, -0.2) is 0 Å². The van der Waals surface area contributed by atoms with Gasteiger partial charge in [-0.2, -0.15) is 0 Å². The van der Waals surface area contributed by atoms with Crippen LogP contribution in [0.1, 0.15) is 63.9 Å². The van der Waals surface area contributed by atoms with Gasteiger partial charge in [0.25, 0.3) is 0 Å². The van der Waals surface area contributed by atoms with E-state index in [1.165, 1.54) is 32.1 Å². The predicted octanol–water partition coefficient (Wildman–Crippen LogP) is 5.34. The topological polar surface area (TPSA) is 26.3 Å². The molecule has 0 saturated heterocycles. The van der Waals surface area contributed by atoms with E-state index in [0.29, 0.717) is 16.4 Å². The molecule has 0 aliphatic carbocycles. The fraction of sp³-hybridized carbons (Fsp3) is 0.529. The molecule has 2 nitrogen and oxygen atoms in total. The van der Waals surface area contributed by atoms with E-state index in [4.69, 9.17) is 17.0 Å². The predicted molar refractivity (Wildman–Crippen MR) is 95.4 cm³/mol. The van der Waals surface area contributed by atoms with Crippen LogP contribution in [0.15, 0.2) is 24.3 Å². The lowest BCUT2D eigenvalue weighted by Crippen LogP contribution is -2.07. The van der Waals surface area contributed by atoms with Crippen LogP contribution in [-0.4, -0.2) is 10.2 Å². The lowest BCUT2D eigenvalue weighted by atomic mass is 10.1. The Morgan fingerprint density at radius 1 is 1.05 bits per heavy atom. The number of esters is 1. The molecular formula is C17H24O2S2. The summed E-state index contributed by atoms with van der Waals surface area (Å²) in [5.41, 5.74) is 0.861. The minimum absolute atomic E-state index is 0.162. The van der Waals surface area contributed by atoms with Crippen LogP contribution in [0.5, 0.6) is 5.75 Å². The van der Waals surface area contributed by atoms with E-state index < -0.39 is 0 Å². The molecule has 1 rings (SSSR count). The number of thiocarbonyl (C=S) groups is 1. The zero-order valence-corrected chi connectivity index (χ0v) is 14.3. The van der Waals surface area contributed by atoms with Gasteiger partial charge >= 0.3 is 5.97 Å². The van der Waals surface area contributed by atoms with Crippen LogP contribution in [0.3, 0.4) is 0 Å². The maximum atomic E-state index is 11.7. The van der Waals surface area contributed by atoms with Crippen molar-refractivity contribution in [2.75, 3.05) is 0 Å². The molecule has 21 heavy (non-hydrogen) atoms.